The van der Waals surface area contributed by atoms with Crippen LogP contribution in [0.25, 0.3) is 10.9 Å². The first kappa shape index (κ1) is 23.7. The van der Waals surface area contributed by atoms with E-state index in [1.54, 1.807) is 23.7 Å². The molecule has 0 saturated carbocycles. The smallest absolute Gasteiger partial charge is 0.261 e. The topological polar surface area (TPSA) is 90.3 Å². The van der Waals surface area contributed by atoms with E-state index in [0.29, 0.717) is 34.8 Å². The fourth-order valence-electron chi connectivity index (χ4n) is 4.45. The van der Waals surface area contributed by atoms with Crippen molar-refractivity contribution in [3.8, 4) is 0 Å². The number of hydrogen-bond donors (Lipinski definition) is 1. The zero-order valence-corrected chi connectivity index (χ0v) is 20.8. The van der Waals surface area contributed by atoms with Gasteiger partial charge in [0.15, 0.2) is 9.84 Å². The van der Waals surface area contributed by atoms with Crippen molar-refractivity contribution in [2.24, 2.45) is 7.05 Å². The fraction of sp³-hybridized carbons (Fsp3) is 0.417. The molecule has 0 radical (unpaired) electrons. The number of hydrogen-bond acceptors (Lipinski definition) is 6. The van der Waals surface area contributed by atoms with Gasteiger partial charge in [-0.3, -0.25) is 9.36 Å². The molecule has 1 N–H and O–H groups in total. The summed E-state index contributed by atoms with van der Waals surface area (Å²) in [7, 11) is -1.72. The first-order valence-corrected chi connectivity index (χ1v) is 13.2. The maximum Gasteiger partial charge on any atom is 0.261 e. The van der Waals surface area contributed by atoms with Gasteiger partial charge in [0.25, 0.3) is 5.56 Å². The lowest BCUT2D eigenvalue weighted by Gasteiger charge is -2.25. The number of aryl methyl sites for hydroxylation is 1. The van der Waals surface area contributed by atoms with Crippen LogP contribution in [0.4, 0.5) is 5.69 Å². The Morgan fingerprint density at radius 1 is 1.21 bits per heavy atom. The minimum atomic E-state index is -3.50. The molecule has 1 saturated heterocycles. The zero-order chi connectivity index (χ0) is 23.9. The van der Waals surface area contributed by atoms with E-state index in [2.05, 4.69) is 5.32 Å². The molecule has 1 fully saturated rings. The molecular weight excluding hydrogens is 462 g/mol. The second kappa shape index (κ2) is 9.08. The highest BCUT2D eigenvalue weighted by Crippen LogP contribution is 2.32. The number of anilines is 1. The number of rotatable bonds is 5. The van der Waals surface area contributed by atoms with Crippen LogP contribution >= 0.6 is 11.6 Å². The zero-order valence-electron chi connectivity index (χ0n) is 19.2. The van der Waals surface area contributed by atoms with Crippen molar-refractivity contribution in [3.05, 3.63) is 62.7 Å². The van der Waals surface area contributed by atoms with Crippen LogP contribution in [-0.4, -0.2) is 37.4 Å². The molecule has 2 heterocycles. The summed E-state index contributed by atoms with van der Waals surface area (Å²) < 4.78 is 31.8. The molecule has 0 amide bonds. The van der Waals surface area contributed by atoms with Crippen molar-refractivity contribution in [2.45, 2.75) is 43.5 Å². The van der Waals surface area contributed by atoms with Crippen LogP contribution in [0.3, 0.4) is 0 Å². The van der Waals surface area contributed by atoms with Gasteiger partial charge in [0.1, 0.15) is 5.82 Å². The van der Waals surface area contributed by atoms with Gasteiger partial charge in [-0.15, -0.1) is 0 Å². The first-order chi connectivity index (χ1) is 15.6. The van der Waals surface area contributed by atoms with Crippen molar-refractivity contribution >= 4 is 38.0 Å². The van der Waals surface area contributed by atoms with Gasteiger partial charge in [0.2, 0.25) is 0 Å². The molecule has 7 nitrogen and oxygen atoms in total. The third kappa shape index (κ3) is 4.78. The number of nitrogens with zero attached hydrogens (tertiary/aromatic N) is 2. The second-order valence-corrected chi connectivity index (χ2v) is 11.2. The van der Waals surface area contributed by atoms with Crippen LogP contribution in [0.2, 0.25) is 5.02 Å². The number of ether oxygens (including phenoxy) is 1. The molecule has 1 aliphatic rings. The van der Waals surface area contributed by atoms with Crippen molar-refractivity contribution in [2.75, 3.05) is 24.8 Å². The molecular formula is C24H28ClN3O4S. The lowest BCUT2D eigenvalue weighted by molar-refractivity contribution is 0.0828. The van der Waals surface area contributed by atoms with Gasteiger partial charge in [-0.25, -0.2) is 13.4 Å². The minimum absolute atomic E-state index is 0.0815. The quantitative estimate of drug-likeness (QED) is 0.572. The lowest BCUT2D eigenvalue weighted by Crippen LogP contribution is -2.27. The van der Waals surface area contributed by atoms with E-state index in [9.17, 15) is 13.2 Å². The van der Waals surface area contributed by atoms with Gasteiger partial charge in [-0.05, 0) is 56.5 Å². The van der Waals surface area contributed by atoms with Crippen LogP contribution in [0.5, 0.6) is 0 Å². The number of benzene rings is 2. The van der Waals surface area contributed by atoms with Crippen LogP contribution in [0.1, 0.15) is 48.7 Å². The number of halogens is 1. The first-order valence-electron chi connectivity index (χ1n) is 10.9. The molecule has 9 heteroatoms. The van der Waals surface area contributed by atoms with Crippen LogP contribution in [0.15, 0.2) is 40.0 Å². The predicted octanol–water partition coefficient (Wildman–Crippen LogP) is 4.37. The predicted molar refractivity (Wildman–Crippen MR) is 131 cm³/mol. The summed E-state index contributed by atoms with van der Waals surface area (Å²) in [6, 6.07) is 8.30. The molecule has 3 aromatic rings. The molecule has 176 valence electrons. The highest BCUT2D eigenvalue weighted by Gasteiger charge is 2.24. The normalized spacial score (nSPS) is 16.2. The van der Waals surface area contributed by atoms with E-state index in [1.165, 1.54) is 6.07 Å². The molecule has 0 spiro atoms. The molecule has 1 aromatic heterocycles. The third-order valence-electron chi connectivity index (χ3n) is 6.16. The lowest BCUT2D eigenvalue weighted by atomic mass is 9.97. The number of nitrogens with one attached hydrogen (secondary N) is 1. The Balaban J connectivity index is 1.84. The minimum Gasteiger partial charge on any atom is -0.381 e. The Bertz CT molecular complexity index is 1380. The maximum absolute atomic E-state index is 13.3. The summed E-state index contributed by atoms with van der Waals surface area (Å²) in [5.74, 6) is 0.919. The Morgan fingerprint density at radius 2 is 1.91 bits per heavy atom. The standard InChI is InChI=1S/C24H28ClN3O4S/c1-14-11-18(15(2)26-20-6-5-17(25)13-21(20)33(4,30)31)22-19(12-14)24(29)28(3)23(27-22)16-7-9-32-10-8-16/h5-6,11-13,15-16,26H,7-10H2,1-4H3/t15-/m1/s1. The molecule has 1 aliphatic heterocycles. The van der Waals surface area contributed by atoms with Crippen LogP contribution in [0, 0.1) is 6.92 Å². The van der Waals surface area contributed by atoms with Crippen LogP contribution in [-0.2, 0) is 21.6 Å². The van der Waals surface area contributed by atoms with E-state index in [0.717, 1.165) is 36.0 Å². The van der Waals surface area contributed by atoms with Gasteiger partial charge >= 0.3 is 0 Å². The Labute approximate surface area is 198 Å². The SMILES string of the molecule is Cc1cc([C@@H](C)Nc2ccc(Cl)cc2S(C)(=O)=O)c2nc(C3CCOCC3)n(C)c(=O)c2c1. The molecule has 0 bridgehead atoms. The summed E-state index contributed by atoms with van der Waals surface area (Å²) >= 11 is 6.05. The van der Waals surface area contributed by atoms with E-state index in [4.69, 9.17) is 21.3 Å². The van der Waals surface area contributed by atoms with Gasteiger partial charge in [0.05, 0.1) is 27.5 Å². The fourth-order valence-corrected chi connectivity index (χ4v) is 5.56. The highest BCUT2D eigenvalue weighted by atomic mass is 35.5. The average molecular weight is 490 g/mol. The van der Waals surface area contributed by atoms with Crippen LogP contribution < -0.4 is 10.9 Å². The van der Waals surface area contributed by atoms with E-state index in [1.807, 2.05) is 26.0 Å². The molecule has 0 aliphatic carbocycles. The maximum atomic E-state index is 13.3. The summed E-state index contributed by atoms with van der Waals surface area (Å²) in [6.45, 7) is 5.18. The largest absolute Gasteiger partial charge is 0.381 e. The van der Waals surface area contributed by atoms with Gasteiger partial charge in [-0.2, -0.15) is 0 Å². The van der Waals surface area contributed by atoms with Crippen molar-refractivity contribution in [3.63, 3.8) is 0 Å². The third-order valence-corrected chi connectivity index (χ3v) is 7.53. The number of fused-ring (bicyclic) bond motifs is 1. The van der Waals surface area contributed by atoms with Gasteiger partial charge < -0.3 is 10.1 Å². The van der Waals surface area contributed by atoms with Gasteiger partial charge in [0, 0.05) is 43.0 Å². The van der Waals surface area contributed by atoms with Crippen molar-refractivity contribution < 1.29 is 13.2 Å². The Hall–Kier alpha value is -2.42. The van der Waals surface area contributed by atoms with E-state index in [-0.39, 0.29) is 22.4 Å². The Kier molecular flexibility index (Phi) is 6.53. The van der Waals surface area contributed by atoms with Crippen molar-refractivity contribution in [1.82, 2.24) is 9.55 Å². The Morgan fingerprint density at radius 3 is 2.58 bits per heavy atom. The molecule has 1 atom stereocenters. The molecule has 33 heavy (non-hydrogen) atoms. The number of sulfone groups is 1. The van der Waals surface area contributed by atoms with E-state index < -0.39 is 9.84 Å². The second-order valence-electron chi connectivity index (χ2n) is 8.75. The molecule has 4 rings (SSSR count). The monoisotopic (exact) mass is 489 g/mol. The van der Waals surface area contributed by atoms with Crippen molar-refractivity contribution in [1.29, 1.82) is 0 Å². The average Bonchev–Trinajstić information content (AvgIpc) is 2.77. The number of aromatic nitrogens is 2. The molecule has 0 unspecified atom stereocenters. The van der Waals surface area contributed by atoms with E-state index >= 15 is 0 Å². The highest BCUT2D eigenvalue weighted by molar-refractivity contribution is 7.90. The van der Waals surface area contributed by atoms with Gasteiger partial charge in [-0.1, -0.05) is 17.7 Å². The molecule has 2 aromatic carbocycles. The summed E-state index contributed by atoms with van der Waals surface area (Å²) in [6.07, 6.45) is 2.80. The summed E-state index contributed by atoms with van der Waals surface area (Å²) in [4.78, 5) is 18.4. The summed E-state index contributed by atoms with van der Waals surface area (Å²) in [5.41, 5.74) is 2.79. The summed E-state index contributed by atoms with van der Waals surface area (Å²) in [5, 5.41) is 4.21.